The molecule has 3 amide bonds. The molecule has 0 unspecified atom stereocenters. The molecule has 11 heteroatoms. The van der Waals surface area contributed by atoms with Crippen LogP contribution in [-0.2, 0) is 19.6 Å². The number of piperazine rings is 1. The SMILES string of the molecule is COCCNC(=O)NC(=O)CN1CCN(S(=O)(=O)c2cccnc2)CC1. The molecule has 0 aromatic carbocycles. The second-order valence-corrected chi connectivity index (χ2v) is 7.60. The Morgan fingerprint density at radius 3 is 2.62 bits per heavy atom. The van der Waals surface area contributed by atoms with E-state index >= 15 is 0 Å². The topological polar surface area (TPSA) is 121 Å². The molecule has 0 atom stereocenters. The summed E-state index contributed by atoms with van der Waals surface area (Å²) < 4.78 is 31.2. The molecule has 0 spiro atoms. The lowest BCUT2D eigenvalue weighted by molar-refractivity contribution is -0.121. The molecule has 2 heterocycles. The Morgan fingerprint density at radius 1 is 1.27 bits per heavy atom. The van der Waals surface area contributed by atoms with Crippen LogP contribution in [0.1, 0.15) is 0 Å². The van der Waals surface area contributed by atoms with Gasteiger partial charge in [-0.3, -0.25) is 20.0 Å². The van der Waals surface area contributed by atoms with Gasteiger partial charge in [0.25, 0.3) is 0 Å². The summed E-state index contributed by atoms with van der Waals surface area (Å²) in [7, 11) is -2.07. The van der Waals surface area contributed by atoms with Gasteiger partial charge in [-0.05, 0) is 12.1 Å². The number of imide groups is 1. The first-order chi connectivity index (χ1) is 12.4. The number of ether oxygens (including phenoxy) is 1. The molecule has 1 aromatic heterocycles. The Balaban J connectivity index is 1.78. The van der Waals surface area contributed by atoms with Crippen molar-refractivity contribution in [2.45, 2.75) is 4.90 Å². The summed E-state index contributed by atoms with van der Waals surface area (Å²) in [6.45, 7) is 2.03. The molecule has 2 N–H and O–H groups in total. The predicted octanol–water partition coefficient (Wildman–Crippen LogP) is -1.14. The van der Waals surface area contributed by atoms with E-state index in [0.717, 1.165) is 0 Å². The Labute approximate surface area is 152 Å². The maximum atomic E-state index is 12.5. The van der Waals surface area contributed by atoms with Gasteiger partial charge < -0.3 is 10.1 Å². The molecular weight excluding hydrogens is 362 g/mol. The van der Waals surface area contributed by atoms with Gasteiger partial charge in [-0.25, -0.2) is 13.2 Å². The Bertz CT molecular complexity index is 704. The van der Waals surface area contributed by atoms with Crippen molar-refractivity contribution in [2.24, 2.45) is 0 Å². The predicted molar refractivity (Wildman–Crippen MR) is 92.9 cm³/mol. The second-order valence-electron chi connectivity index (χ2n) is 5.67. The number of sulfonamides is 1. The fourth-order valence-corrected chi connectivity index (χ4v) is 3.84. The smallest absolute Gasteiger partial charge is 0.321 e. The molecule has 1 fully saturated rings. The molecule has 0 bridgehead atoms. The fourth-order valence-electron chi connectivity index (χ4n) is 2.46. The summed E-state index contributed by atoms with van der Waals surface area (Å²) in [6.07, 6.45) is 2.83. The highest BCUT2D eigenvalue weighted by molar-refractivity contribution is 7.89. The molecule has 10 nitrogen and oxygen atoms in total. The number of aromatic nitrogens is 1. The summed E-state index contributed by atoms with van der Waals surface area (Å²) in [5, 5.41) is 4.72. The van der Waals surface area contributed by atoms with E-state index in [1.165, 1.54) is 29.9 Å². The summed E-state index contributed by atoms with van der Waals surface area (Å²) in [6, 6.07) is 2.50. The minimum atomic E-state index is -3.58. The van der Waals surface area contributed by atoms with Gasteiger partial charge in [-0.15, -0.1) is 0 Å². The van der Waals surface area contributed by atoms with Gasteiger partial charge in [0, 0.05) is 52.2 Å². The van der Waals surface area contributed by atoms with Gasteiger partial charge in [-0.1, -0.05) is 0 Å². The van der Waals surface area contributed by atoms with Crippen LogP contribution in [0.3, 0.4) is 0 Å². The molecule has 0 radical (unpaired) electrons. The molecule has 26 heavy (non-hydrogen) atoms. The summed E-state index contributed by atoms with van der Waals surface area (Å²) in [5.41, 5.74) is 0. The molecule has 1 aliphatic rings. The van der Waals surface area contributed by atoms with E-state index < -0.39 is 22.0 Å². The van der Waals surface area contributed by atoms with Crippen LogP contribution >= 0.6 is 0 Å². The highest BCUT2D eigenvalue weighted by Gasteiger charge is 2.29. The van der Waals surface area contributed by atoms with Crippen molar-refractivity contribution < 1.29 is 22.7 Å². The highest BCUT2D eigenvalue weighted by Crippen LogP contribution is 2.16. The molecule has 2 rings (SSSR count). The summed E-state index contributed by atoms with van der Waals surface area (Å²) >= 11 is 0. The number of nitrogens with zero attached hydrogens (tertiary/aromatic N) is 3. The van der Waals surface area contributed by atoms with Crippen molar-refractivity contribution in [1.82, 2.24) is 24.8 Å². The lowest BCUT2D eigenvalue weighted by atomic mass is 10.3. The summed E-state index contributed by atoms with van der Waals surface area (Å²) in [5.74, 6) is -0.441. The largest absolute Gasteiger partial charge is 0.383 e. The molecule has 0 saturated carbocycles. The van der Waals surface area contributed by atoms with E-state index in [-0.39, 0.29) is 24.5 Å². The molecule has 1 saturated heterocycles. The average molecular weight is 385 g/mol. The average Bonchev–Trinajstić information content (AvgIpc) is 2.63. The number of amides is 3. The van der Waals surface area contributed by atoms with Gasteiger partial charge >= 0.3 is 6.03 Å². The van der Waals surface area contributed by atoms with E-state index in [2.05, 4.69) is 15.6 Å². The van der Waals surface area contributed by atoms with Crippen molar-refractivity contribution in [3.05, 3.63) is 24.5 Å². The lowest BCUT2D eigenvalue weighted by Crippen LogP contribution is -2.52. The van der Waals surface area contributed by atoms with Crippen LogP contribution in [0.25, 0.3) is 0 Å². The van der Waals surface area contributed by atoms with Gasteiger partial charge in [-0.2, -0.15) is 4.31 Å². The number of pyridine rings is 1. The van der Waals surface area contributed by atoms with E-state index in [9.17, 15) is 18.0 Å². The number of urea groups is 1. The highest BCUT2D eigenvalue weighted by atomic mass is 32.2. The van der Waals surface area contributed by atoms with Crippen LogP contribution in [0.5, 0.6) is 0 Å². The first-order valence-corrected chi connectivity index (χ1v) is 9.56. The third-order valence-electron chi connectivity index (χ3n) is 3.82. The molecule has 1 aromatic rings. The third-order valence-corrected chi connectivity index (χ3v) is 5.70. The van der Waals surface area contributed by atoms with E-state index in [1.807, 2.05) is 0 Å². The molecule has 0 aliphatic carbocycles. The van der Waals surface area contributed by atoms with E-state index in [0.29, 0.717) is 26.2 Å². The fraction of sp³-hybridized carbons (Fsp3) is 0.533. The van der Waals surface area contributed by atoms with Crippen LogP contribution in [0.15, 0.2) is 29.4 Å². The maximum absolute atomic E-state index is 12.5. The number of hydrogen-bond acceptors (Lipinski definition) is 7. The number of carbonyl (C=O) groups is 2. The monoisotopic (exact) mass is 385 g/mol. The van der Waals surface area contributed by atoms with Crippen molar-refractivity contribution in [3.63, 3.8) is 0 Å². The maximum Gasteiger partial charge on any atom is 0.321 e. The normalized spacial score (nSPS) is 16.2. The Kier molecular flexibility index (Phi) is 7.45. The van der Waals surface area contributed by atoms with Crippen LogP contribution < -0.4 is 10.6 Å². The minimum Gasteiger partial charge on any atom is -0.383 e. The number of nitrogens with one attached hydrogen (secondary N) is 2. The zero-order valence-electron chi connectivity index (χ0n) is 14.6. The Hall–Kier alpha value is -2.08. The van der Waals surface area contributed by atoms with Gasteiger partial charge in [0.05, 0.1) is 13.2 Å². The molecule has 144 valence electrons. The molecular formula is C15H23N5O5S. The van der Waals surface area contributed by atoms with Crippen molar-refractivity contribution >= 4 is 22.0 Å². The van der Waals surface area contributed by atoms with Crippen molar-refractivity contribution in [3.8, 4) is 0 Å². The first-order valence-electron chi connectivity index (χ1n) is 8.12. The molecule has 1 aliphatic heterocycles. The van der Waals surface area contributed by atoms with Crippen LogP contribution in [-0.4, -0.2) is 87.5 Å². The van der Waals surface area contributed by atoms with Crippen LogP contribution in [0.4, 0.5) is 4.79 Å². The zero-order chi connectivity index (χ0) is 19.0. The first kappa shape index (κ1) is 20.2. The van der Waals surface area contributed by atoms with Crippen LogP contribution in [0, 0.1) is 0 Å². The van der Waals surface area contributed by atoms with Crippen LogP contribution in [0.2, 0.25) is 0 Å². The number of rotatable bonds is 7. The van der Waals surface area contributed by atoms with Gasteiger partial charge in [0.2, 0.25) is 15.9 Å². The van der Waals surface area contributed by atoms with Crippen molar-refractivity contribution in [2.75, 3.05) is 53.0 Å². The minimum absolute atomic E-state index is 0.0263. The van der Waals surface area contributed by atoms with Crippen molar-refractivity contribution in [1.29, 1.82) is 0 Å². The number of hydrogen-bond donors (Lipinski definition) is 2. The second kappa shape index (κ2) is 9.57. The number of methoxy groups -OCH3 is 1. The van der Waals surface area contributed by atoms with E-state index in [4.69, 9.17) is 4.74 Å². The standard InChI is InChI=1S/C15H23N5O5S/c1-25-10-5-17-15(22)18-14(21)12-19-6-8-20(9-7-19)26(23,24)13-3-2-4-16-11-13/h2-4,11H,5-10,12H2,1H3,(H2,17,18,21,22). The number of carbonyl (C=O) groups excluding carboxylic acids is 2. The zero-order valence-corrected chi connectivity index (χ0v) is 15.4. The Morgan fingerprint density at radius 2 is 2.00 bits per heavy atom. The third kappa shape index (κ3) is 5.73. The van der Waals surface area contributed by atoms with E-state index in [1.54, 1.807) is 11.0 Å². The van der Waals surface area contributed by atoms with Gasteiger partial charge in [0.1, 0.15) is 4.90 Å². The quantitative estimate of drug-likeness (QED) is 0.569. The summed E-state index contributed by atoms with van der Waals surface area (Å²) in [4.78, 5) is 29.2. The lowest BCUT2D eigenvalue weighted by Gasteiger charge is -2.33. The van der Waals surface area contributed by atoms with Gasteiger partial charge in [0.15, 0.2) is 0 Å².